The van der Waals surface area contributed by atoms with Gasteiger partial charge in [0.25, 0.3) is 0 Å². The molecular weight excluding hydrogens is 254 g/mol. The number of hydrogen-bond acceptors (Lipinski definition) is 5. The summed E-state index contributed by atoms with van der Waals surface area (Å²) in [6.45, 7) is 1.54. The average molecular weight is 269 g/mol. The number of aromatic carboxylic acids is 1. The number of phenols is 1. The van der Waals surface area contributed by atoms with Gasteiger partial charge in [0, 0.05) is 6.54 Å². The molecule has 1 aliphatic rings. The van der Waals surface area contributed by atoms with Gasteiger partial charge >= 0.3 is 11.9 Å². The molecular formula is C12H15NO6. The maximum Gasteiger partial charge on any atom is 0.339 e. The third-order valence-corrected chi connectivity index (χ3v) is 2.35. The quantitative estimate of drug-likeness (QED) is 0.603. The van der Waals surface area contributed by atoms with Gasteiger partial charge in [-0.1, -0.05) is 12.1 Å². The molecule has 1 fully saturated rings. The van der Waals surface area contributed by atoms with E-state index in [0.717, 1.165) is 0 Å². The molecule has 0 saturated carbocycles. The monoisotopic (exact) mass is 269 g/mol. The highest BCUT2D eigenvalue weighted by atomic mass is 16.5. The van der Waals surface area contributed by atoms with Crippen LogP contribution in [0.3, 0.4) is 0 Å². The smallest absolute Gasteiger partial charge is 0.339 e. The van der Waals surface area contributed by atoms with Gasteiger partial charge in [0.2, 0.25) is 0 Å². The third kappa shape index (κ3) is 4.94. The lowest BCUT2D eigenvalue weighted by Gasteiger charge is -2.19. The molecule has 0 amide bonds. The van der Waals surface area contributed by atoms with E-state index in [0.29, 0.717) is 13.2 Å². The fourth-order valence-electron chi connectivity index (χ4n) is 1.38. The first-order chi connectivity index (χ1) is 9.02. The lowest BCUT2D eigenvalue weighted by molar-refractivity contribution is -0.142. The van der Waals surface area contributed by atoms with Crippen molar-refractivity contribution in [3.8, 4) is 5.75 Å². The van der Waals surface area contributed by atoms with Crippen molar-refractivity contribution in [2.45, 2.75) is 6.04 Å². The fourth-order valence-corrected chi connectivity index (χ4v) is 1.38. The van der Waals surface area contributed by atoms with Crippen LogP contribution in [0.1, 0.15) is 10.4 Å². The summed E-state index contributed by atoms with van der Waals surface area (Å²) in [5.74, 6) is -2.15. The number of aromatic hydroxyl groups is 1. The second kappa shape index (κ2) is 7.34. The molecule has 1 aliphatic heterocycles. The number of ether oxygens (including phenoxy) is 1. The van der Waals surface area contributed by atoms with Crippen molar-refractivity contribution in [2.75, 3.05) is 19.8 Å². The molecule has 1 aromatic rings. The second-order valence-corrected chi connectivity index (χ2v) is 3.74. The molecule has 104 valence electrons. The van der Waals surface area contributed by atoms with Crippen LogP contribution in [0.25, 0.3) is 0 Å². The zero-order chi connectivity index (χ0) is 14.3. The summed E-state index contributed by atoms with van der Waals surface area (Å²) in [7, 11) is 0. The summed E-state index contributed by atoms with van der Waals surface area (Å²) in [4.78, 5) is 20.5. The maximum absolute atomic E-state index is 10.3. The summed E-state index contributed by atoms with van der Waals surface area (Å²) in [6, 6.07) is 5.31. The Hall–Kier alpha value is -2.12. The molecule has 0 radical (unpaired) electrons. The van der Waals surface area contributed by atoms with Crippen LogP contribution in [0.2, 0.25) is 0 Å². The summed E-state index contributed by atoms with van der Waals surface area (Å²) in [6.07, 6.45) is 0. The number of carboxylic acids is 2. The number of aliphatic carboxylic acids is 1. The molecule has 4 N–H and O–H groups in total. The lowest BCUT2D eigenvalue weighted by atomic mass is 10.2. The van der Waals surface area contributed by atoms with Crippen LogP contribution in [-0.2, 0) is 9.53 Å². The summed E-state index contributed by atoms with van der Waals surface area (Å²) in [5, 5.41) is 28.5. The molecule has 1 saturated heterocycles. The first kappa shape index (κ1) is 14.9. The van der Waals surface area contributed by atoms with Gasteiger partial charge in [-0.2, -0.15) is 0 Å². The van der Waals surface area contributed by atoms with Crippen LogP contribution in [0, 0.1) is 0 Å². The largest absolute Gasteiger partial charge is 0.507 e. The van der Waals surface area contributed by atoms with Crippen LogP contribution < -0.4 is 5.32 Å². The number of para-hydroxylation sites is 1. The molecule has 0 aromatic heterocycles. The molecule has 19 heavy (non-hydrogen) atoms. The molecule has 0 aliphatic carbocycles. The molecule has 0 spiro atoms. The lowest BCUT2D eigenvalue weighted by Crippen LogP contribution is -2.46. The van der Waals surface area contributed by atoms with E-state index in [1.54, 1.807) is 12.1 Å². The van der Waals surface area contributed by atoms with Gasteiger partial charge in [-0.3, -0.25) is 4.79 Å². The minimum atomic E-state index is -1.11. The number of carbonyl (C=O) groups is 2. The van der Waals surface area contributed by atoms with E-state index in [9.17, 15) is 9.59 Å². The zero-order valence-electron chi connectivity index (χ0n) is 10.1. The fraction of sp³-hybridized carbons (Fsp3) is 0.333. The van der Waals surface area contributed by atoms with Crippen molar-refractivity contribution in [2.24, 2.45) is 0 Å². The number of rotatable bonds is 2. The normalized spacial score (nSPS) is 18.0. The topological polar surface area (TPSA) is 116 Å². The van der Waals surface area contributed by atoms with E-state index in [2.05, 4.69) is 5.32 Å². The third-order valence-electron chi connectivity index (χ3n) is 2.35. The van der Waals surface area contributed by atoms with E-state index in [1.165, 1.54) is 12.1 Å². The predicted octanol–water partition coefficient (Wildman–Crippen LogP) is 0.150. The van der Waals surface area contributed by atoms with Crippen LogP contribution in [0.4, 0.5) is 0 Å². The summed E-state index contributed by atoms with van der Waals surface area (Å²) < 4.78 is 4.90. The van der Waals surface area contributed by atoms with Crippen molar-refractivity contribution >= 4 is 11.9 Å². The van der Waals surface area contributed by atoms with Crippen LogP contribution in [0.5, 0.6) is 5.75 Å². The number of morpholine rings is 1. The number of nitrogens with one attached hydrogen (secondary N) is 1. The Kier molecular flexibility index (Phi) is 5.77. The van der Waals surface area contributed by atoms with Crippen LogP contribution in [0.15, 0.2) is 24.3 Å². The maximum atomic E-state index is 10.3. The molecule has 1 atom stereocenters. The van der Waals surface area contributed by atoms with Crippen molar-refractivity contribution < 1.29 is 29.6 Å². The SMILES string of the molecule is O=C(O)C1COCCN1.O=C(O)c1ccccc1O. The van der Waals surface area contributed by atoms with Crippen LogP contribution >= 0.6 is 0 Å². The highest BCUT2D eigenvalue weighted by molar-refractivity contribution is 5.90. The average Bonchev–Trinajstić information content (AvgIpc) is 2.40. The molecule has 1 aromatic carbocycles. The van der Waals surface area contributed by atoms with E-state index in [4.69, 9.17) is 20.1 Å². The molecule has 0 bridgehead atoms. The van der Waals surface area contributed by atoms with Crippen LogP contribution in [-0.4, -0.2) is 53.1 Å². The Morgan fingerprint density at radius 2 is 1.95 bits per heavy atom. The van der Waals surface area contributed by atoms with Gasteiger partial charge in [-0.15, -0.1) is 0 Å². The molecule has 2 rings (SSSR count). The Balaban J connectivity index is 0.000000191. The number of hydrogen-bond donors (Lipinski definition) is 4. The second-order valence-electron chi connectivity index (χ2n) is 3.74. The Labute approximate surface area is 109 Å². The van der Waals surface area contributed by atoms with E-state index < -0.39 is 18.0 Å². The highest BCUT2D eigenvalue weighted by Crippen LogP contribution is 2.14. The molecule has 1 unspecified atom stereocenters. The van der Waals surface area contributed by atoms with Crippen molar-refractivity contribution in [1.29, 1.82) is 0 Å². The molecule has 1 heterocycles. The Morgan fingerprint density at radius 1 is 1.26 bits per heavy atom. The van der Waals surface area contributed by atoms with Gasteiger partial charge < -0.3 is 25.4 Å². The van der Waals surface area contributed by atoms with Gasteiger partial charge in [0.15, 0.2) is 0 Å². The van der Waals surface area contributed by atoms with Gasteiger partial charge in [-0.25, -0.2) is 4.79 Å². The number of carboxylic acid groups (broad SMARTS) is 2. The molecule has 7 nitrogen and oxygen atoms in total. The van der Waals surface area contributed by atoms with Crippen molar-refractivity contribution in [1.82, 2.24) is 5.32 Å². The Morgan fingerprint density at radius 3 is 2.32 bits per heavy atom. The molecule has 7 heteroatoms. The van der Waals surface area contributed by atoms with E-state index in [-0.39, 0.29) is 17.9 Å². The highest BCUT2D eigenvalue weighted by Gasteiger charge is 2.19. The predicted molar refractivity (Wildman–Crippen MR) is 65.3 cm³/mol. The first-order valence-electron chi connectivity index (χ1n) is 5.57. The van der Waals surface area contributed by atoms with Crippen molar-refractivity contribution in [3.63, 3.8) is 0 Å². The number of benzene rings is 1. The summed E-state index contributed by atoms with van der Waals surface area (Å²) >= 11 is 0. The standard InChI is InChI=1S/C7H6O3.C5H9NO3/c8-6-4-2-1-3-5(6)7(9)10;7-5(8)4-3-9-2-1-6-4/h1-4,8H,(H,9,10);4,6H,1-3H2,(H,7,8). The zero-order valence-corrected chi connectivity index (χ0v) is 10.1. The van der Waals surface area contributed by atoms with E-state index in [1.807, 2.05) is 0 Å². The minimum absolute atomic E-state index is 0.0671. The first-order valence-corrected chi connectivity index (χ1v) is 5.57. The van der Waals surface area contributed by atoms with Gasteiger partial charge in [0.05, 0.1) is 13.2 Å². The van der Waals surface area contributed by atoms with Gasteiger partial charge in [0.1, 0.15) is 17.4 Å². The minimum Gasteiger partial charge on any atom is -0.507 e. The Bertz CT molecular complexity index is 442. The van der Waals surface area contributed by atoms with E-state index >= 15 is 0 Å². The summed E-state index contributed by atoms with van der Waals surface area (Å²) in [5.41, 5.74) is -0.0671. The van der Waals surface area contributed by atoms with Gasteiger partial charge in [-0.05, 0) is 12.1 Å². The van der Waals surface area contributed by atoms with Crippen molar-refractivity contribution in [3.05, 3.63) is 29.8 Å².